The smallest absolute Gasteiger partial charge is 0.305 e. The summed E-state index contributed by atoms with van der Waals surface area (Å²) in [4.78, 5) is 23.3. The van der Waals surface area contributed by atoms with E-state index in [4.69, 9.17) is 9.84 Å². The lowest BCUT2D eigenvalue weighted by Crippen LogP contribution is -2.37. The number of nitrogens with zero attached hydrogens (tertiary/aromatic N) is 1. The van der Waals surface area contributed by atoms with E-state index in [1.807, 2.05) is 0 Å². The van der Waals surface area contributed by atoms with Gasteiger partial charge in [0.05, 0.1) is 6.42 Å². The predicted molar refractivity (Wildman–Crippen MR) is 48.9 cm³/mol. The maximum atomic E-state index is 11.6. The molecule has 1 aliphatic rings. The molecule has 1 saturated heterocycles. The number of rotatable bonds is 4. The van der Waals surface area contributed by atoms with Gasteiger partial charge in [0.2, 0.25) is 0 Å². The van der Waals surface area contributed by atoms with Gasteiger partial charge in [-0.3, -0.25) is 9.59 Å². The Kier molecular flexibility index (Phi) is 3.88. The van der Waals surface area contributed by atoms with E-state index in [-0.39, 0.29) is 25.0 Å². The van der Waals surface area contributed by atoms with Crippen molar-refractivity contribution in [3.8, 4) is 0 Å². The Morgan fingerprint density at radius 2 is 2.29 bits per heavy atom. The first kappa shape index (κ1) is 11.0. The molecule has 0 aliphatic carbocycles. The first-order chi connectivity index (χ1) is 6.61. The number of carbonyl (C=O) groups is 2. The second-order valence-electron chi connectivity index (χ2n) is 3.41. The average Bonchev–Trinajstić information content (AvgIpc) is 2.65. The van der Waals surface area contributed by atoms with Crippen LogP contribution in [-0.2, 0) is 14.3 Å². The fourth-order valence-electron chi connectivity index (χ4n) is 1.39. The summed E-state index contributed by atoms with van der Waals surface area (Å²) in [6.45, 7) is 0.872. The molecule has 0 radical (unpaired) electrons. The van der Waals surface area contributed by atoms with Crippen molar-refractivity contribution in [1.82, 2.24) is 4.90 Å². The van der Waals surface area contributed by atoms with E-state index in [0.717, 1.165) is 12.8 Å². The second-order valence-corrected chi connectivity index (χ2v) is 3.41. The molecule has 1 fully saturated rings. The van der Waals surface area contributed by atoms with Gasteiger partial charge in [-0.05, 0) is 12.8 Å². The van der Waals surface area contributed by atoms with E-state index >= 15 is 0 Å². The molecule has 0 unspecified atom stereocenters. The summed E-state index contributed by atoms with van der Waals surface area (Å²) in [5, 5.41) is 8.44. The molecule has 0 saturated carbocycles. The number of hydrogen-bond donors (Lipinski definition) is 1. The lowest BCUT2D eigenvalue weighted by molar-refractivity contribution is -0.141. The van der Waals surface area contributed by atoms with E-state index in [9.17, 15) is 9.59 Å². The minimum atomic E-state index is -0.892. The Balaban J connectivity index is 2.31. The Morgan fingerprint density at radius 3 is 2.79 bits per heavy atom. The third-order valence-electron chi connectivity index (χ3n) is 2.24. The van der Waals surface area contributed by atoms with Crippen LogP contribution in [0.5, 0.6) is 0 Å². The standard InChI is InChI=1S/C9H15NO4/c1-10(5-4-8(11)12)9(13)7-3-2-6-14-7/h7H,2-6H2,1H3,(H,11,12)/t7-/m0/s1. The van der Waals surface area contributed by atoms with Crippen LogP contribution in [0.2, 0.25) is 0 Å². The topological polar surface area (TPSA) is 66.8 Å². The summed E-state index contributed by atoms with van der Waals surface area (Å²) >= 11 is 0. The van der Waals surface area contributed by atoms with Crippen LogP contribution in [0.4, 0.5) is 0 Å². The molecule has 1 rings (SSSR count). The Morgan fingerprint density at radius 1 is 1.57 bits per heavy atom. The molecule has 5 heteroatoms. The van der Waals surface area contributed by atoms with Crippen LogP contribution < -0.4 is 0 Å². The van der Waals surface area contributed by atoms with Gasteiger partial charge in [-0.1, -0.05) is 0 Å². The first-order valence-corrected chi connectivity index (χ1v) is 4.69. The Bertz CT molecular complexity index is 223. The number of amides is 1. The maximum Gasteiger partial charge on any atom is 0.305 e. The van der Waals surface area contributed by atoms with Crippen molar-refractivity contribution in [2.75, 3.05) is 20.2 Å². The number of carbonyl (C=O) groups excluding carboxylic acids is 1. The fraction of sp³-hybridized carbons (Fsp3) is 0.778. The summed E-state index contributed by atoms with van der Waals surface area (Å²) < 4.78 is 5.20. The van der Waals surface area contributed by atoms with Gasteiger partial charge in [-0.2, -0.15) is 0 Å². The SMILES string of the molecule is CN(CCC(=O)O)C(=O)[C@@H]1CCCO1. The van der Waals surface area contributed by atoms with Crippen molar-refractivity contribution in [1.29, 1.82) is 0 Å². The molecule has 14 heavy (non-hydrogen) atoms. The van der Waals surface area contributed by atoms with Gasteiger partial charge in [0.1, 0.15) is 6.10 Å². The second kappa shape index (κ2) is 4.95. The van der Waals surface area contributed by atoms with Gasteiger partial charge in [0.15, 0.2) is 0 Å². The quantitative estimate of drug-likeness (QED) is 0.700. The molecule has 1 N–H and O–H groups in total. The van der Waals surface area contributed by atoms with Gasteiger partial charge in [0, 0.05) is 20.2 Å². The van der Waals surface area contributed by atoms with Crippen LogP contribution in [0.3, 0.4) is 0 Å². The van der Waals surface area contributed by atoms with Crippen LogP contribution in [0.25, 0.3) is 0 Å². The van der Waals surface area contributed by atoms with E-state index in [1.54, 1.807) is 7.05 Å². The molecule has 0 aromatic carbocycles. The van der Waals surface area contributed by atoms with E-state index < -0.39 is 5.97 Å². The fourth-order valence-corrected chi connectivity index (χ4v) is 1.39. The largest absolute Gasteiger partial charge is 0.481 e. The molecule has 1 aliphatic heterocycles. The van der Waals surface area contributed by atoms with Gasteiger partial charge in [0.25, 0.3) is 5.91 Å². The van der Waals surface area contributed by atoms with Crippen molar-refractivity contribution in [2.45, 2.75) is 25.4 Å². The number of ether oxygens (including phenoxy) is 1. The molecule has 0 bridgehead atoms. The minimum Gasteiger partial charge on any atom is -0.481 e. The predicted octanol–water partition coefficient (Wildman–Crippen LogP) is 0.0985. The van der Waals surface area contributed by atoms with Crippen molar-refractivity contribution < 1.29 is 19.4 Å². The minimum absolute atomic E-state index is 0.0189. The van der Waals surface area contributed by atoms with Crippen LogP contribution in [0.1, 0.15) is 19.3 Å². The van der Waals surface area contributed by atoms with Gasteiger partial charge < -0.3 is 14.7 Å². The monoisotopic (exact) mass is 201 g/mol. The van der Waals surface area contributed by atoms with Crippen LogP contribution >= 0.6 is 0 Å². The van der Waals surface area contributed by atoms with Crippen molar-refractivity contribution in [3.05, 3.63) is 0 Å². The van der Waals surface area contributed by atoms with Gasteiger partial charge in [-0.25, -0.2) is 0 Å². The molecule has 1 amide bonds. The van der Waals surface area contributed by atoms with Crippen molar-refractivity contribution >= 4 is 11.9 Å². The number of aliphatic carboxylic acids is 1. The van der Waals surface area contributed by atoms with Crippen molar-refractivity contribution in [2.24, 2.45) is 0 Å². The molecule has 80 valence electrons. The summed E-state index contributed by atoms with van der Waals surface area (Å²) in [5.74, 6) is -0.999. The molecular weight excluding hydrogens is 186 g/mol. The van der Waals surface area contributed by atoms with E-state index in [2.05, 4.69) is 0 Å². The maximum absolute atomic E-state index is 11.6. The molecule has 0 aromatic heterocycles. The van der Waals surface area contributed by atoms with Crippen molar-refractivity contribution in [3.63, 3.8) is 0 Å². The highest BCUT2D eigenvalue weighted by molar-refractivity contribution is 5.81. The highest BCUT2D eigenvalue weighted by Crippen LogP contribution is 2.14. The molecule has 0 spiro atoms. The lowest BCUT2D eigenvalue weighted by Gasteiger charge is -2.19. The van der Waals surface area contributed by atoms with E-state index in [1.165, 1.54) is 4.90 Å². The summed E-state index contributed by atoms with van der Waals surface area (Å²) in [7, 11) is 1.60. The van der Waals surface area contributed by atoms with Gasteiger partial charge >= 0.3 is 5.97 Å². The zero-order valence-corrected chi connectivity index (χ0v) is 8.23. The summed E-state index contributed by atoms with van der Waals surface area (Å²) in [6.07, 6.45) is 1.28. The third-order valence-corrected chi connectivity index (χ3v) is 2.24. The van der Waals surface area contributed by atoms with Crippen LogP contribution in [-0.4, -0.2) is 48.2 Å². The van der Waals surface area contributed by atoms with E-state index in [0.29, 0.717) is 6.61 Å². The Hall–Kier alpha value is -1.10. The number of likely N-dealkylation sites (N-methyl/N-ethyl adjacent to an activating group) is 1. The zero-order valence-electron chi connectivity index (χ0n) is 8.23. The third kappa shape index (κ3) is 2.99. The lowest BCUT2D eigenvalue weighted by atomic mass is 10.2. The molecular formula is C9H15NO4. The number of carboxylic acids is 1. The highest BCUT2D eigenvalue weighted by atomic mass is 16.5. The van der Waals surface area contributed by atoms with Crippen LogP contribution in [0.15, 0.2) is 0 Å². The Labute approximate surface area is 82.6 Å². The normalized spacial score (nSPS) is 20.8. The molecule has 5 nitrogen and oxygen atoms in total. The number of carboxylic acid groups (broad SMARTS) is 1. The first-order valence-electron chi connectivity index (χ1n) is 4.69. The summed E-state index contributed by atoms with van der Waals surface area (Å²) in [5.41, 5.74) is 0. The number of hydrogen-bond acceptors (Lipinski definition) is 3. The zero-order chi connectivity index (χ0) is 10.6. The molecule has 1 atom stereocenters. The highest BCUT2D eigenvalue weighted by Gasteiger charge is 2.26. The molecule has 0 aromatic rings. The van der Waals surface area contributed by atoms with Gasteiger partial charge in [-0.15, -0.1) is 0 Å². The molecule has 1 heterocycles. The average molecular weight is 201 g/mol. The van der Waals surface area contributed by atoms with Crippen LogP contribution in [0, 0.1) is 0 Å². The summed E-state index contributed by atoms with van der Waals surface area (Å²) in [6, 6.07) is 0.